The molecule has 0 bridgehead atoms. The second-order valence-electron chi connectivity index (χ2n) is 4.41. The Morgan fingerprint density at radius 2 is 2.25 bits per heavy atom. The zero-order valence-corrected chi connectivity index (χ0v) is 11.5. The fourth-order valence-corrected chi connectivity index (χ4v) is 2.05. The zero-order chi connectivity index (χ0) is 14.5. The highest BCUT2D eigenvalue weighted by molar-refractivity contribution is 5.77. The first-order chi connectivity index (χ1) is 9.67. The zero-order valence-electron chi connectivity index (χ0n) is 11.5. The normalized spacial score (nSPS) is 19.4. The lowest BCUT2D eigenvalue weighted by Gasteiger charge is -2.20. The molecule has 1 aliphatic heterocycles. The fourth-order valence-electron chi connectivity index (χ4n) is 2.05. The van der Waals surface area contributed by atoms with Gasteiger partial charge in [0.05, 0.1) is 27.4 Å². The molecule has 1 heterocycles. The van der Waals surface area contributed by atoms with E-state index in [0.717, 1.165) is 6.42 Å². The average molecular weight is 282 g/mol. The molecule has 2 unspecified atom stereocenters. The number of hydrogen-bond acceptors (Lipinski definition) is 6. The monoisotopic (exact) mass is 282 g/mol. The minimum Gasteiger partial charge on any atom is -0.493 e. The van der Waals surface area contributed by atoms with E-state index in [0.29, 0.717) is 30.3 Å². The van der Waals surface area contributed by atoms with Crippen molar-refractivity contribution in [3.63, 3.8) is 0 Å². The molecule has 0 aromatic heterocycles. The molecule has 0 amide bonds. The lowest BCUT2D eigenvalue weighted by Crippen LogP contribution is -2.20. The van der Waals surface area contributed by atoms with E-state index >= 15 is 0 Å². The maximum atomic E-state index is 11.5. The molecule has 1 N–H and O–H groups in total. The molecule has 2 rings (SSSR count). The van der Waals surface area contributed by atoms with Crippen molar-refractivity contribution >= 4 is 5.97 Å². The molecular formula is C14H18O6. The standard InChI is InChI=1S/C14H18O6/c1-17-11-5-3-4-10(12(15)14(16)18-2)13(11)20-9-6-7-19-8-9/h3-5,9,12,15H,6-8H2,1-2H3. The number of aliphatic hydroxyl groups is 1. The van der Waals surface area contributed by atoms with Crippen LogP contribution in [0.15, 0.2) is 18.2 Å². The first-order valence-corrected chi connectivity index (χ1v) is 6.34. The topological polar surface area (TPSA) is 74.2 Å². The number of carbonyl (C=O) groups excluding carboxylic acids is 1. The molecule has 1 saturated heterocycles. The third-order valence-electron chi connectivity index (χ3n) is 3.12. The van der Waals surface area contributed by atoms with Crippen molar-refractivity contribution in [1.29, 1.82) is 0 Å². The fraction of sp³-hybridized carbons (Fsp3) is 0.500. The molecule has 1 fully saturated rings. The highest BCUT2D eigenvalue weighted by Crippen LogP contribution is 2.36. The van der Waals surface area contributed by atoms with Crippen molar-refractivity contribution in [3.05, 3.63) is 23.8 Å². The van der Waals surface area contributed by atoms with Crippen LogP contribution in [0.4, 0.5) is 0 Å². The van der Waals surface area contributed by atoms with E-state index < -0.39 is 12.1 Å². The predicted octanol–water partition coefficient (Wildman–Crippen LogP) is 1.07. The van der Waals surface area contributed by atoms with Gasteiger partial charge in [-0.05, 0) is 6.07 Å². The van der Waals surface area contributed by atoms with Crippen molar-refractivity contribution in [1.82, 2.24) is 0 Å². The Bertz CT molecular complexity index is 467. The molecule has 20 heavy (non-hydrogen) atoms. The minimum absolute atomic E-state index is 0.116. The van der Waals surface area contributed by atoms with Gasteiger partial charge in [0.1, 0.15) is 6.10 Å². The van der Waals surface area contributed by atoms with Crippen molar-refractivity contribution in [2.24, 2.45) is 0 Å². The van der Waals surface area contributed by atoms with Crippen LogP contribution in [0.2, 0.25) is 0 Å². The van der Waals surface area contributed by atoms with Crippen LogP contribution in [-0.2, 0) is 14.3 Å². The first-order valence-electron chi connectivity index (χ1n) is 6.34. The molecular weight excluding hydrogens is 264 g/mol. The first kappa shape index (κ1) is 14.6. The van der Waals surface area contributed by atoms with Gasteiger partial charge in [-0.15, -0.1) is 0 Å². The number of benzene rings is 1. The van der Waals surface area contributed by atoms with Gasteiger partial charge in [-0.2, -0.15) is 0 Å². The van der Waals surface area contributed by atoms with Gasteiger partial charge >= 0.3 is 5.97 Å². The largest absolute Gasteiger partial charge is 0.493 e. The van der Waals surface area contributed by atoms with Gasteiger partial charge in [-0.3, -0.25) is 0 Å². The van der Waals surface area contributed by atoms with Gasteiger partial charge < -0.3 is 24.1 Å². The number of carbonyl (C=O) groups is 1. The summed E-state index contributed by atoms with van der Waals surface area (Å²) in [7, 11) is 2.72. The van der Waals surface area contributed by atoms with Gasteiger partial charge in [-0.1, -0.05) is 12.1 Å². The van der Waals surface area contributed by atoms with E-state index in [1.54, 1.807) is 18.2 Å². The summed E-state index contributed by atoms with van der Waals surface area (Å²) in [5.74, 6) is 0.0616. The highest BCUT2D eigenvalue weighted by atomic mass is 16.6. The van der Waals surface area contributed by atoms with E-state index in [9.17, 15) is 9.90 Å². The number of para-hydroxylation sites is 1. The van der Waals surface area contributed by atoms with Crippen LogP contribution in [0.5, 0.6) is 11.5 Å². The van der Waals surface area contributed by atoms with Crippen LogP contribution in [0.25, 0.3) is 0 Å². The third-order valence-corrected chi connectivity index (χ3v) is 3.12. The second-order valence-corrected chi connectivity index (χ2v) is 4.41. The molecule has 1 aromatic rings. The Kier molecular flexibility index (Phi) is 4.81. The van der Waals surface area contributed by atoms with Crippen LogP contribution in [0, 0.1) is 0 Å². The smallest absolute Gasteiger partial charge is 0.339 e. The van der Waals surface area contributed by atoms with Gasteiger partial charge in [0.25, 0.3) is 0 Å². The number of hydrogen-bond donors (Lipinski definition) is 1. The van der Waals surface area contributed by atoms with Gasteiger partial charge in [0.2, 0.25) is 0 Å². The van der Waals surface area contributed by atoms with Gasteiger partial charge in [-0.25, -0.2) is 4.79 Å². The Morgan fingerprint density at radius 3 is 2.85 bits per heavy atom. The van der Waals surface area contributed by atoms with Gasteiger partial charge in [0, 0.05) is 12.0 Å². The molecule has 110 valence electrons. The Hall–Kier alpha value is -1.79. The predicted molar refractivity (Wildman–Crippen MR) is 69.8 cm³/mol. The highest BCUT2D eigenvalue weighted by Gasteiger charge is 2.27. The average Bonchev–Trinajstić information content (AvgIpc) is 2.99. The van der Waals surface area contributed by atoms with Crippen LogP contribution in [0.1, 0.15) is 18.1 Å². The summed E-state index contributed by atoms with van der Waals surface area (Å²) in [6, 6.07) is 4.99. The number of ether oxygens (including phenoxy) is 4. The van der Waals surface area contributed by atoms with Crippen LogP contribution < -0.4 is 9.47 Å². The number of methoxy groups -OCH3 is 2. The summed E-state index contributed by atoms with van der Waals surface area (Å²) in [5.41, 5.74) is 0.322. The summed E-state index contributed by atoms with van der Waals surface area (Å²) in [5, 5.41) is 10.0. The molecule has 6 heteroatoms. The van der Waals surface area contributed by atoms with Crippen molar-refractivity contribution < 1.29 is 28.8 Å². The SMILES string of the molecule is COC(=O)C(O)c1cccc(OC)c1OC1CCOC1. The van der Waals surface area contributed by atoms with E-state index in [2.05, 4.69) is 4.74 Å². The Balaban J connectivity index is 2.31. The van der Waals surface area contributed by atoms with E-state index in [-0.39, 0.29) is 6.10 Å². The second kappa shape index (κ2) is 6.58. The van der Waals surface area contributed by atoms with E-state index in [1.165, 1.54) is 14.2 Å². The molecule has 6 nitrogen and oxygen atoms in total. The van der Waals surface area contributed by atoms with E-state index in [1.807, 2.05) is 0 Å². The minimum atomic E-state index is -1.41. The van der Waals surface area contributed by atoms with E-state index in [4.69, 9.17) is 14.2 Å². The number of rotatable bonds is 5. The summed E-state index contributed by atoms with van der Waals surface area (Å²) in [6.45, 7) is 1.11. The van der Waals surface area contributed by atoms with Crippen LogP contribution in [0.3, 0.4) is 0 Å². The molecule has 1 aliphatic rings. The van der Waals surface area contributed by atoms with Crippen LogP contribution >= 0.6 is 0 Å². The van der Waals surface area contributed by atoms with Crippen molar-refractivity contribution in [3.8, 4) is 11.5 Å². The molecule has 0 spiro atoms. The lowest BCUT2D eigenvalue weighted by molar-refractivity contribution is -0.150. The molecule has 2 atom stereocenters. The molecule has 0 radical (unpaired) electrons. The lowest BCUT2D eigenvalue weighted by atomic mass is 10.1. The summed E-state index contributed by atoms with van der Waals surface area (Å²) >= 11 is 0. The number of esters is 1. The maximum absolute atomic E-state index is 11.5. The van der Waals surface area contributed by atoms with Crippen LogP contribution in [-0.4, -0.2) is 44.6 Å². The maximum Gasteiger partial charge on any atom is 0.339 e. The van der Waals surface area contributed by atoms with Crippen molar-refractivity contribution in [2.75, 3.05) is 27.4 Å². The van der Waals surface area contributed by atoms with Crippen molar-refractivity contribution in [2.45, 2.75) is 18.6 Å². The Morgan fingerprint density at radius 1 is 1.45 bits per heavy atom. The summed E-state index contributed by atoms with van der Waals surface area (Å²) < 4.78 is 20.9. The number of aliphatic hydroxyl groups excluding tert-OH is 1. The van der Waals surface area contributed by atoms with Gasteiger partial charge in [0.15, 0.2) is 17.6 Å². The molecule has 0 aliphatic carbocycles. The molecule has 0 saturated carbocycles. The quantitative estimate of drug-likeness (QED) is 0.814. The Labute approximate surface area is 117 Å². The summed E-state index contributed by atoms with van der Waals surface area (Å²) in [6.07, 6.45) is -0.770. The molecule has 1 aromatic carbocycles. The third kappa shape index (κ3) is 3.02. The summed E-state index contributed by atoms with van der Waals surface area (Å²) in [4.78, 5) is 11.5.